The Morgan fingerprint density at radius 2 is 1.95 bits per heavy atom. The average Bonchev–Trinajstić information content (AvgIpc) is 2.81. The molecule has 0 aromatic heterocycles. The molecule has 0 fully saturated rings. The molecule has 4 heteroatoms. The van der Waals surface area contributed by atoms with Crippen LogP contribution in [-0.4, -0.2) is 18.0 Å². The van der Waals surface area contributed by atoms with E-state index in [1.807, 2.05) is 24.3 Å². The van der Waals surface area contributed by atoms with E-state index in [0.29, 0.717) is 22.6 Å². The van der Waals surface area contributed by atoms with E-state index in [2.05, 4.69) is 0 Å². The Morgan fingerprint density at radius 1 is 1.19 bits per heavy atom. The first kappa shape index (κ1) is 13.2. The van der Waals surface area contributed by atoms with Crippen LogP contribution in [0, 0.1) is 6.92 Å². The van der Waals surface area contributed by atoms with Gasteiger partial charge < -0.3 is 14.6 Å². The summed E-state index contributed by atoms with van der Waals surface area (Å²) in [6, 6.07) is 10.4. The molecule has 4 nitrogen and oxygen atoms in total. The highest BCUT2D eigenvalue weighted by atomic mass is 16.5. The summed E-state index contributed by atoms with van der Waals surface area (Å²) in [6.07, 6.45) is 1.65. The summed E-state index contributed by atoms with van der Waals surface area (Å²) in [4.78, 5) is 12.3. The van der Waals surface area contributed by atoms with Crippen molar-refractivity contribution in [1.29, 1.82) is 0 Å². The van der Waals surface area contributed by atoms with Crippen molar-refractivity contribution in [2.24, 2.45) is 0 Å². The summed E-state index contributed by atoms with van der Waals surface area (Å²) in [5, 5.41) is 9.70. The maximum absolute atomic E-state index is 12.3. The number of rotatable bonds is 2. The van der Waals surface area contributed by atoms with E-state index in [9.17, 15) is 9.90 Å². The molecular formula is C17H14O4. The molecule has 2 aromatic carbocycles. The summed E-state index contributed by atoms with van der Waals surface area (Å²) in [5.41, 5.74) is 1.79. The lowest BCUT2D eigenvalue weighted by Gasteiger charge is -2.05. The van der Waals surface area contributed by atoms with Gasteiger partial charge in [-0.15, -0.1) is 0 Å². The predicted molar refractivity (Wildman–Crippen MR) is 78.8 cm³/mol. The summed E-state index contributed by atoms with van der Waals surface area (Å²) in [5.74, 6) is 1.22. The number of ketones is 1. The number of hydrogen-bond acceptors (Lipinski definition) is 4. The van der Waals surface area contributed by atoms with Gasteiger partial charge in [-0.25, -0.2) is 0 Å². The Labute approximate surface area is 122 Å². The highest BCUT2D eigenvalue weighted by Crippen LogP contribution is 2.39. The zero-order valence-corrected chi connectivity index (χ0v) is 11.7. The Bertz CT molecular complexity index is 759. The summed E-state index contributed by atoms with van der Waals surface area (Å²) in [6.45, 7) is 1.72. The third-order valence-corrected chi connectivity index (χ3v) is 3.48. The first-order chi connectivity index (χ1) is 10.1. The van der Waals surface area contributed by atoms with E-state index in [1.54, 1.807) is 26.2 Å². The highest BCUT2D eigenvalue weighted by Gasteiger charge is 2.29. The Morgan fingerprint density at radius 3 is 2.71 bits per heavy atom. The zero-order valence-electron chi connectivity index (χ0n) is 11.7. The van der Waals surface area contributed by atoms with E-state index >= 15 is 0 Å². The molecule has 106 valence electrons. The maximum Gasteiger partial charge on any atom is 0.231 e. The van der Waals surface area contributed by atoms with Crippen LogP contribution in [0.3, 0.4) is 0 Å². The Hall–Kier alpha value is -2.75. The lowest BCUT2D eigenvalue weighted by atomic mass is 10.1. The summed E-state index contributed by atoms with van der Waals surface area (Å²) in [7, 11) is 1.58. The minimum absolute atomic E-state index is 0.111. The van der Waals surface area contributed by atoms with Crippen molar-refractivity contribution in [2.75, 3.05) is 7.11 Å². The second-order valence-corrected chi connectivity index (χ2v) is 4.77. The normalized spacial score (nSPS) is 15.0. The standard InChI is InChI=1S/C17H14O4/c1-10-13(18)8-7-12-16(19)15(21-17(10)12)9-11-5-3-4-6-14(11)20-2/h3-9,18H,1-2H3/b15-9+. The molecule has 0 aliphatic carbocycles. The van der Waals surface area contributed by atoms with Crippen LogP contribution in [-0.2, 0) is 0 Å². The number of fused-ring (bicyclic) bond motifs is 1. The fourth-order valence-electron chi connectivity index (χ4n) is 2.30. The largest absolute Gasteiger partial charge is 0.508 e. The summed E-state index contributed by atoms with van der Waals surface area (Å²) >= 11 is 0. The number of carbonyl (C=O) groups is 1. The minimum atomic E-state index is -0.195. The molecule has 0 unspecified atom stereocenters. The number of phenolic OH excluding ortho intramolecular Hbond substituents is 1. The van der Waals surface area contributed by atoms with Crippen LogP contribution in [0.4, 0.5) is 0 Å². The molecule has 3 rings (SSSR count). The monoisotopic (exact) mass is 282 g/mol. The zero-order chi connectivity index (χ0) is 15.0. The van der Waals surface area contributed by atoms with Crippen molar-refractivity contribution in [1.82, 2.24) is 0 Å². The van der Waals surface area contributed by atoms with Crippen molar-refractivity contribution in [3.63, 3.8) is 0 Å². The number of aromatic hydroxyl groups is 1. The lowest BCUT2D eigenvalue weighted by molar-refractivity contribution is 0.101. The van der Waals surface area contributed by atoms with Crippen LogP contribution >= 0.6 is 0 Å². The van der Waals surface area contributed by atoms with Gasteiger partial charge in [0, 0.05) is 11.1 Å². The molecular weight excluding hydrogens is 268 g/mol. The smallest absolute Gasteiger partial charge is 0.231 e. The van der Waals surface area contributed by atoms with Gasteiger partial charge in [-0.05, 0) is 31.2 Å². The lowest BCUT2D eigenvalue weighted by Crippen LogP contribution is -1.98. The van der Waals surface area contributed by atoms with Crippen molar-refractivity contribution in [3.05, 3.63) is 58.8 Å². The molecule has 1 aliphatic rings. The molecule has 21 heavy (non-hydrogen) atoms. The second-order valence-electron chi connectivity index (χ2n) is 4.77. The fraction of sp³-hybridized carbons (Fsp3) is 0.118. The molecule has 1 heterocycles. The van der Waals surface area contributed by atoms with Crippen molar-refractivity contribution < 1.29 is 19.4 Å². The van der Waals surface area contributed by atoms with E-state index in [-0.39, 0.29) is 17.3 Å². The Balaban J connectivity index is 2.05. The predicted octanol–water partition coefficient (Wildman–Crippen LogP) is 3.33. The molecule has 0 amide bonds. The van der Waals surface area contributed by atoms with Crippen LogP contribution in [0.5, 0.6) is 17.2 Å². The topological polar surface area (TPSA) is 55.8 Å². The molecule has 1 aliphatic heterocycles. The van der Waals surface area contributed by atoms with Crippen molar-refractivity contribution >= 4 is 11.9 Å². The van der Waals surface area contributed by atoms with E-state index < -0.39 is 0 Å². The van der Waals surface area contributed by atoms with E-state index in [0.717, 1.165) is 5.56 Å². The van der Waals surface area contributed by atoms with Gasteiger partial charge in [0.05, 0.1) is 12.7 Å². The number of hydrogen-bond donors (Lipinski definition) is 1. The fourth-order valence-corrected chi connectivity index (χ4v) is 2.30. The number of carbonyl (C=O) groups excluding carboxylic acids is 1. The van der Waals surface area contributed by atoms with Crippen LogP contribution in [0.15, 0.2) is 42.2 Å². The Kier molecular flexibility index (Phi) is 3.14. The van der Waals surface area contributed by atoms with Gasteiger partial charge in [-0.1, -0.05) is 18.2 Å². The molecule has 0 atom stereocenters. The number of phenols is 1. The first-order valence-corrected chi connectivity index (χ1v) is 6.51. The third kappa shape index (κ3) is 2.14. The number of allylic oxidation sites excluding steroid dienone is 1. The number of para-hydroxylation sites is 1. The maximum atomic E-state index is 12.3. The van der Waals surface area contributed by atoms with Crippen molar-refractivity contribution in [3.8, 4) is 17.2 Å². The third-order valence-electron chi connectivity index (χ3n) is 3.48. The van der Waals surface area contributed by atoms with Gasteiger partial charge in [0.25, 0.3) is 0 Å². The van der Waals surface area contributed by atoms with Gasteiger partial charge >= 0.3 is 0 Å². The molecule has 0 saturated carbocycles. The summed E-state index contributed by atoms with van der Waals surface area (Å²) < 4.78 is 10.9. The van der Waals surface area contributed by atoms with E-state index in [4.69, 9.17) is 9.47 Å². The first-order valence-electron chi connectivity index (χ1n) is 6.51. The molecule has 0 bridgehead atoms. The molecule has 0 saturated heterocycles. The minimum Gasteiger partial charge on any atom is -0.508 e. The number of ether oxygens (including phenoxy) is 2. The average molecular weight is 282 g/mol. The van der Waals surface area contributed by atoms with Gasteiger partial charge in [0.2, 0.25) is 5.78 Å². The van der Waals surface area contributed by atoms with Gasteiger partial charge in [-0.3, -0.25) is 4.79 Å². The van der Waals surface area contributed by atoms with Crippen molar-refractivity contribution in [2.45, 2.75) is 6.92 Å². The van der Waals surface area contributed by atoms with Crippen LogP contribution in [0.25, 0.3) is 6.08 Å². The highest BCUT2D eigenvalue weighted by molar-refractivity contribution is 6.15. The van der Waals surface area contributed by atoms with E-state index in [1.165, 1.54) is 6.07 Å². The SMILES string of the molecule is COc1ccccc1/C=C1/Oc2c(ccc(O)c2C)C1=O. The second kappa shape index (κ2) is 4.98. The van der Waals surface area contributed by atoms with Crippen LogP contribution < -0.4 is 9.47 Å². The number of benzene rings is 2. The molecule has 2 aromatic rings. The van der Waals surface area contributed by atoms with Crippen LogP contribution in [0.1, 0.15) is 21.5 Å². The molecule has 0 spiro atoms. The number of Topliss-reactive ketones (excluding diaryl/α,β-unsaturated/α-hetero) is 1. The quantitative estimate of drug-likeness (QED) is 0.858. The van der Waals surface area contributed by atoms with Crippen LogP contribution in [0.2, 0.25) is 0 Å². The molecule has 0 radical (unpaired) electrons. The number of methoxy groups -OCH3 is 1. The van der Waals surface area contributed by atoms with Gasteiger partial charge in [0.1, 0.15) is 17.2 Å². The van der Waals surface area contributed by atoms with Gasteiger partial charge in [0.15, 0.2) is 5.76 Å². The van der Waals surface area contributed by atoms with Gasteiger partial charge in [-0.2, -0.15) is 0 Å². The molecule has 1 N–H and O–H groups in total.